The van der Waals surface area contributed by atoms with E-state index < -0.39 is 0 Å². The molecule has 1 aromatic carbocycles. The van der Waals surface area contributed by atoms with Crippen molar-refractivity contribution >= 4 is 33.5 Å². The Kier molecular flexibility index (Phi) is 4.52. The largest absolute Gasteiger partial charge is 0.353 e. The van der Waals surface area contributed by atoms with Gasteiger partial charge in [-0.3, -0.25) is 4.90 Å². The number of hydrogen-bond donors (Lipinski definition) is 1. The predicted octanol–water partition coefficient (Wildman–Crippen LogP) is 4.61. The highest BCUT2D eigenvalue weighted by atomic mass is 32.1. The van der Waals surface area contributed by atoms with Gasteiger partial charge < -0.3 is 10.2 Å². The highest BCUT2D eigenvalue weighted by Crippen LogP contribution is 2.39. The van der Waals surface area contributed by atoms with Crippen molar-refractivity contribution in [3.8, 4) is 0 Å². The molecule has 2 aliphatic heterocycles. The van der Waals surface area contributed by atoms with Crippen LogP contribution in [0.3, 0.4) is 0 Å². The Hall–Kier alpha value is -1.85. The van der Waals surface area contributed by atoms with E-state index in [0.717, 1.165) is 36.8 Å². The van der Waals surface area contributed by atoms with E-state index in [2.05, 4.69) is 66.3 Å². The van der Waals surface area contributed by atoms with Crippen molar-refractivity contribution in [2.75, 3.05) is 32.0 Å². The number of piperazine rings is 1. The molecule has 1 N–H and O–H groups in total. The summed E-state index contributed by atoms with van der Waals surface area (Å²) in [5, 5.41) is 4.82. The molecule has 5 heteroatoms. The third-order valence-corrected chi connectivity index (χ3v) is 6.14. The van der Waals surface area contributed by atoms with Crippen LogP contribution in [0, 0.1) is 6.92 Å². The Bertz CT molecular complexity index is 795. The third-order valence-electron chi connectivity index (χ3n) is 5.17. The molecule has 3 heterocycles. The molecule has 0 spiro atoms. The van der Waals surface area contributed by atoms with Gasteiger partial charge in [-0.1, -0.05) is 25.5 Å². The summed E-state index contributed by atoms with van der Waals surface area (Å²) < 4.78 is 0. The van der Waals surface area contributed by atoms with Gasteiger partial charge in [-0.15, -0.1) is 11.3 Å². The van der Waals surface area contributed by atoms with Crippen molar-refractivity contribution in [1.82, 2.24) is 9.80 Å². The first-order valence-electron chi connectivity index (χ1n) is 9.16. The van der Waals surface area contributed by atoms with Crippen molar-refractivity contribution in [2.24, 2.45) is 4.99 Å². The summed E-state index contributed by atoms with van der Waals surface area (Å²) in [6.07, 6.45) is 2.47. The first-order chi connectivity index (χ1) is 12.2. The molecule has 1 atom stereocenters. The SMILES string of the molecule is CCC[C@H]1CN(C2=Nc3ccccc3Nc3sc(C)cc32)CCN1C. The maximum atomic E-state index is 5.11. The summed E-state index contributed by atoms with van der Waals surface area (Å²) in [5.74, 6) is 1.13. The minimum Gasteiger partial charge on any atom is -0.353 e. The Morgan fingerprint density at radius 2 is 2.12 bits per heavy atom. The van der Waals surface area contributed by atoms with Crippen LogP contribution in [0.5, 0.6) is 0 Å². The number of hydrogen-bond acceptors (Lipinski definition) is 5. The van der Waals surface area contributed by atoms with Gasteiger partial charge >= 0.3 is 0 Å². The molecule has 25 heavy (non-hydrogen) atoms. The van der Waals surface area contributed by atoms with E-state index in [1.807, 2.05) is 11.3 Å². The van der Waals surface area contributed by atoms with Gasteiger partial charge in [0, 0.05) is 30.6 Å². The van der Waals surface area contributed by atoms with E-state index >= 15 is 0 Å². The smallest absolute Gasteiger partial charge is 0.139 e. The quantitative estimate of drug-likeness (QED) is 0.854. The summed E-state index contributed by atoms with van der Waals surface area (Å²) in [6.45, 7) is 7.63. The number of fused-ring (bicyclic) bond motifs is 2. The molecule has 0 amide bonds. The average molecular weight is 355 g/mol. The van der Waals surface area contributed by atoms with Crippen molar-refractivity contribution in [1.29, 1.82) is 0 Å². The van der Waals surface area contributed by atoms with Gasteiger partial charge in [0.2, 0.25) is 0 Å². The third kappa shape index (κ3) is 3.18. The second-order valence-corrected chi connectivity index (χ2v) is 8.30. The second-order valence-electron chi connectivity index (χ2n) is 7.05. The van der Waals surface area contributed by atoms with Crippen LogP contribution >= 0.6 is 11.3 Å². The number of nitrogens with one attached hydrogen (secondary N) is 1. The Morgan fingerprint density at radius 3 is 2.96 bits per heavy atom. The lowest BCUT2D eigenvalue weighted by molar-refractivity contribution is 0.133. The summed E-state index contributed by atoms with van der Waals surface area (Å²) >= 11 is 1.82. The van der Waals surface area contributed by atoms with Gasteiger partial charge in [0.25, 0.3) is 0 Å². The molecular formula is C20H26N4S. The number of likely N-dealkylation sites (N-methyl/N-ethyl adjacent to an activating group) is 1. The number of rotatable bonds is 2. The van der Waals surface area contributed by atoms with Gasteiger partial charge in [0.1, 0.15) is 10.8 Å². The normalized spacial score (nSPS) is 20.4. The molecule has 132 valence electrons. The number of benzene rings is 1. The lowest BCUT2D eigenvalue weighted by Gasteiger charge is -2.41. The topological polar surface area (TPSA) is 30.9 Å². The molecule has 4 nitrogen and oxygen atoms in total. The van der Waals surface area contributed by atoms with Gasteiger partial charge in [-0.05, 0) is 38.6 Å². The van der Waals surface area contributed by atoms with E-state index in [1.54, 1.807) is 0 Å². The van der Waals surface area contributed by atoms with Gasteiger partial charge in [-0.2, -0.15) is 0 Å². The van der Waals surface area contributed by atoms with Crippen LogP contribution < -0.4 is 5.32 Å². The molecule has 1 aromatic heterocycles. The number of nitrogens with zero attached hydrogens (tertiary/aromatic N) is 3. The number of aryl methyl sites for hydroxylation is 1. The van der Waals surface area contributed by atoms with Crippen molar-refractivity contribution < 1.29 is 0 Å². The monoisotopic (exact) mass is 354 g/mol. The summed E-state index contributed by atoms with van der Waals surface area (Å²) in [4.78, 5) is 11.4. The van der Waals surface area contributed by atoms with Crippen LogP contribution in [0.25, 0.3) is 0 Å². The number of para-hydroxylation sites is 2. The molecule has 1 fully saturated rings. The van der Waals surface area contributed by atoms with Crippen molar-refractivity contribution in [2.45, 2.75) is 32.7 Å². The Labute approximate surface area is 154 Å². The lowest BCUT2D eigenvalue weighted by Crippen LogP contribution is -2.53. The maximum absolute atomic E-state index is 5.11. The second kappa shape index (κ2) is 6.81. The maximum Gasteiger partial charge on any atom is 0.139 e. The molecule has 0 aliphatic carbocycles. The van der Waals surface area contributed by atoms with Gasteiger partial charge in [0.15, 0.2) is 0 Å². The molecule has 2 aromatic rings. The zero-order valence-corrected chi connectivity index (χ0v) is 16.1. The molecule has 0 saturated carbocycles. The van der Waals surface area contributed by atoms with Crippen LogP contribution in [0.15, 0.2) is 35.3 Å². The highest BCUT2D eigenvalue weighted by Gasteiger charge is 2.29. The summed E-state index contributed by atoms with van der Waals surface area (Å²) in [7, 11) is 2.25. The van der Waals surface area contributed by atoms with Gasteiger partial charge in [0.05, 0.1) is 16.9 Å². The Morgan fingerprint density at radius 1 is 1.28 bits per heavy atom. The van der Waals surface area contributed by atoms with Crippen LogP contribution in [0.2, 0.25) is 0 Å². The highest BCUT2D eigenvalue weighted by molar-refractivity contribution is 7.16. The molecule has 0 bridgehead atoms. The van der Waals surface area contributed by atoms with Crippen LogP contribution in [-0.2, 0) is 0 Å². The van der Waals surface area contributed by atoms with E-state index in [4.69, 9.17) is 4.99 Å². The molecule has 1 saturated heterocycles. The minimum absolute atomic E-state index is 0.607. The van der Waals surface area contributed by atoms with E-state index in [9.17, 15) is 0 Å². The fourth-order valence-corrected chi connectivity index (χ4v) is 4.69. The van der Waals surface area contributed by atoms with E-state index in [1.165, 1.54) is 28.3 Å². The van der Waals surface area contributed by atoms with Crippen molar-refractivity contribution in [3.63, 3.8) is 0 Å². The first-order valence-corrected chi connectivity index (χ1v) is 9.98. The lowest BCUT2D eigenvalue weighted by atomic mass is 10.1. The summed E-state index contributed by atoms with van der Waals surface area (Å²) in [6, 6.07) is 11.2. The van der Waals surface area contributed by atoms with Crippen LogP contribution in [0.1, 0.15) is 30.2 Å². The zero-order valence-electron chi connectivity index (χ0n) is 15.2. The molecular weight excluding hydrogens is 328 g/mol. The number of thiophene rings is 1. The fraction of sp³-hybridized carbons (Fsp3) is 0.450. The van der Waals surface area contributed by atoms with Crippen LogP contribution in [0.4, 0.5) is 16.4 Å². The fourth-order valence-electron chi connectivity index (χ4n) is 3.77. The predicted molar refractivity (Wildman–Crippen MR) is 108 cm³/mol. The van der Waals surface area contributed by atoms with E-state index in [-0.39, 0.29) is 0 Å². The van der Waals surface area contributed by atoms with Gasteiger partial charge in [-0.25, -0.2) is 4.99 Å². The summed E-state index contributed by atoms with van der Waals surface area (Å²) in [5.41, 5.74) is 3.38. The molecule has 4 rings (SSSR count). The number of anilines is 2. The first kappa shape index (κ1) is 16.6. The number of aliphatic imine (C=N–C) groups is 1. The zero-order chi connectivity index (χ0) is 17.4. The minimum atomic E-state index is 0.607. The Balaban J connectivity index is 1.75. The molecule has 0 unspecified atom stereocenters. The molecule has 0 radical (unpaired) electrons. The average Bonchev–Trinajstić information content (AvgIpc) is 2.89. The van der Waals surface area contributed by atoms with Crippen molar-refractivity contribution in [3.05, 3.63) is 40.8 Å². The number of amidine groups is 1. The standard InChI is InChI=1S/C20H26N4S/c1-4-7-15-13-24(11-10-23(15)3)19-16-12-14(2)25-20(16)22-18-9-6-5-8-17(18)21-19/h5-6,8-9,12,15,22H,4,7,10-11,13H2,1-3H3/t15-/m0/s1. The van der Waals surface area contributed by atoms with E-state index in [0.29, 0.717) is 6.04 Å². The van der Waals surface area contributed by atoms with Crippen LogP contribution in [-0.4, -0.2) is 48.4 Å². The molecule has 2 aliphatic rings.